The molecule has 2 atom stereocenters. The predicted octanol–water partition coefficient (Wildman–Crippen LogP) is 3.48. The molecule has 1 aromatic carbocycles. The van der Waals surface area contributed by atoms with Gasteiger partial charge in [-0.15, -0.1) is 11.3 Å². The number of phenols is 1. The van der Waals surface area contributed by atoms with Crippen LogP contribution in [-0.4, -0.2) is 40.1 Å². The molecule has 4 rings (SSSR count). The molecule has 1 saturated heterocycles. The van der Waals surface area contributed by atoms with E-state index >= 15 is 0 Å². The standard InChI is InChI=1S/C21H22FN5O2S/c1-12-6-13(23)10-27(9-12)19-4-5-24-8-17(19)25-20(29)18-11-30-21(26-18)15-3-2-14(28)7-16(15)22/h2-5,7-8,11-13,28H,6,9-10,23H2,1H3,(H,25,29)/t12-,13+/m1/s1. The van der Waals surface area contributed by atoms with Crippen molar-refractivity contribution < 1.29 is 14.3 Å². The third-order valence-corrected chi connectivity index (χ3v) is 5.87. The van der Waals surface area contributed by atoms with Gasteiger partial charge in [-0.3, -0.25) is 9.78 Å². The number of nitrogens with two attached hydrogens (primary N) is 1. The van der Waals surface area contributed by atoms with E-state index < -0.39 is 11.7 Å². The van der Waals surface area contributed by atoms with Gasteiger partial charge in [0.25, 0.3) is 5.91 Å². The summed E-state index contributed by atoms with van der Waals surface area (Å²) >= 11 is 1.16. The lowest BCUT2D eigenvalue weighted by Gasteiger charge is -2.37. The minimum Gasteiger partial charge on any atom is -0.508 e. The number of nitrogens with one attached hydrogen (secondary N) is 1. The zero-order valence-corrected chi connectivity index (χ0v) is 17.2. The van der Waals surface area contributed by atoms with Gasteiger partial charge >= 0.3 is 0 Å². The van der Waals surface area contributed by atoms with Gasteiger partial charge in [-0.05, 0) is 30.5 Å². The van der Waals surface area contributed by atoms with Crippen molar-refractivity contribution in [2.45, 2.75) is 19.4 Å². The van der Waals surface area contributed by atoms with E-state index in [2.05, 4.69) is 27.1 Å². The van der Waals surface area contributed by atoms with E-state index in [4.69, 9.17) is 5.73 Å². The third kappa shape index (κ3) is 4.27. The maximum Gasteiger partial charge on any atom is 0.275 e. The molecule has 0 spiro atoms. The summed E-state index contributed by atoms with van der Waals surface area (Å²) in [6.45, 7) is 3.71. The van der Waals surface area contributed by atoms with E-state index in [0.717, 1.165) is 36.1 Å². The molecular formula is C21H22FN5O2S. The number of carbonyl (C=O) groups excluding carboxylic acids is 1. The molecule has 0 aliphatic carbocycles. The second-order valence-corrected chi connectivity index (χ2v) is 8.41. The van der Waals surface area contributed by atoms with Crippen LogP contribution >= 0.6 is 11.3 Å². The average molecular weight is 428 g/mol. The highest BCUT2D eigenvalue weighted by atomic mass is 32.1. The molecule has 1 aliphatic rings. The summed E-state index contributed by atoms with van der Waals surface area (Å²) in [5, 5.41) is 14.2. The van der Waals surface area contributed by atoms with Crippen LogP contribution in [0.2, 0.25) is 0 Å². The number of aromatic hydroxyl groups is 1. The fourth-order valence-corrected chi connectivity index (χ4v) is 4.55. The number of phenolic OH excluding ortho intramolecular Hbond substituents is 1. The van der Waals surface area contributed by atoms with Crippen LogP contribution in [0.1, 0.15) is 23.8 Å². The topological polar surface area (TPSA) is 104 Å². The Morgan fingerprint density at radius 1 is 1.37 bits per heavy atom. The average Bonchev–Trinajstić information content (AvgIpc) is 3.17. The molecule has 4 N–H and O–H groups in total. The largest absolute Gasteiger partial charge is 0.508 e. The number of thiazole rings is 1. The molecule has 7 nitrogen and oxygen atoms in total. The van der Waals surface area contributed by atoms with Crippen LogP contribution in [0.5, 0.6) is 5.75 Å². The summed E-state index contributed by atoms with van der Waals surface area (Å²) in [5.74, 6) is -0.713. The molecule has 2 aromatic heterocycles. The van der Waals surface area contributed by atoms with Crippen molar-refractivity contribution in [1.82, 2.24) is 9.97 Å². The highest BCUT2D eigenvalue weighted by Crippen LogP contribution is 2.31. The molecule has 1 aliphatic heterocycles. The van der Waals surface area contributed by atoms with Crippen molar-refractivity contribution in [1.29, 1.82) is 0 Å². The summed E-state index contributed by atoms with van der Waals surface area (Å²) in [6, 6.07) is 5.77. The van der Waals surface area contributed by atoms with Crippen LogP contribution in [0.4, 0.5) is 15.8 Å². The summed E-state index contributed by atoms with van der Waals surface area (Å²) < 4.78 is 14.1. The number of carbonyl (C=O) groups is 1. The molecule has 1 amide bonds. The number of nitrogens with zero attached hydrogens (tertiary/aromatic N) is 3. The molecule has 3 heterocycles. The highest BCUT2D eigenvalue weighted by Gasteiger charge is 2.25. The van der Waals surface area contributed by atoms with Crippen molar-refractivity contribution in [2.75, 3.05) is 23.3 Å². The molecule has 30 heavy (non-hydrogen) atoms. The van der Waals surface area contributed by atoms with Crippen molar-refractivity contribution in [3.8, 4) is 16.3 Å². The zero-order chi connectivity index (χ0) is 21.3. The first-order chi connectivity index (χ1) is 14.4. The monoisotopic (exact) mass is 427 g/mol. The van der Waals surface area contributed by atoms with Gasteiger partial charge in [-0.2, -0.15) is 0 Å². The number of hydrogen-bond acceptors (Lipinski definition) is 7. The Hall–Kier alpha value is -3.04. The quantitative estimate of drug-likeness (QED) is 0.589. The van der Waals surface area contributed by atoms with Crippen molar-refractivity contribution >= 4 is 28.6 Å². The lowest BCUT2D eigenvalue weighted by molar-refractivity contribution is 0.102. The van der Waals surface area contributed by atoms with Gasteiger partial charge in [0.1, 0.15) is 22.3 Å². The van der Waals surface area contributed by atoms with Gasteiger partial charge in [-0.1, -0.05) is 6.92 Å². The minimum absolute atomic E-state index is 0.0757. The molecule has 1 fully saturated rings. The fourth-order valence-electron chi connectivity index (χ4n) is 3.72. The molecule has 0 radical (unpaired) electrons. The minimum atomic E-state index is -0.596. The number of benzene rings is 1. The number of hydrogen-bond donors (Lipinski definition) is 3. The summed E-state index contributed by atoms with van der Waals surface area (Å²) in [4.78, 5) is 23.3. The second kappa shape index (κ2) is 8.37. The van der Waals surface area contributed by atoms with Crippen LogP contribution in [0, 0.1) is 11.7 Å². The number of amides is 1. The number of pyridine rings is 1. The van der Waals surface area contributed by atoms with Crippen molar-refractivity contribution in [3.05, 3.63) is 53.6 Å². The molecule has 9 heteroatoms. The number of aromatic nitrogens is 2. The first-order valence-electron chi connectivity index (χ1n) is 9.61. The van der Waals surface area contributed by atoms with Crippen LogP contribution in [0.25, 0.3) is 10.6 Å². The lowest BCUT2D eigenvalue weighted by Crippen LogP contribution is -2.46. The number of anilines is 2. The zero-order valence-electron chi connectivity index (χ0n) is 16.4. The lowest BCUT2D eigenvalue weighted by atomic mass is 9.96. The van der Waals surface area contributed by atoms with Gasteiger partial charge < -0.3 is 21.1 Å². The Morgan fingerprint density at radius 2 is 2.20 bits per heavy atom. The maximum absolute atomic E-state index is 14.1. The van der Waals surface area contributed by atoms with Crippen molar-refractivity contribution in [2.24, 2.45) is 11.7 Å². The molecular weight excluding hydrogens is 405 g/mol. The Labute approximate surface area is 177 Å². The first-order valence-corrected chi connectivity index (χ1v) is 10.5. The predicted molar refractivity (Wildman–Crippen MR) is 115 cm³/mol. The van der Waals surface area contributed by atoms with E-state index in [-0.39, 0.29) is 23.0 Å². The van der Waals surface area contributed by atoms with Gasteiger partial charge in [-0.25, -0.2) is 9.37 Å². The SMILES string of the molecule is C[C@@H]1C[C@H](N)CN(c2ccncc2NC(=O)c2csc(-c3ccc(O)cc3F)n2)C1. The summed E-state index contributed by atoms with van der Waals surface area (Å²) in [5.41, 5.74) is 8.03. The Morgan fingerprint density at radius 3 is 2.97 bits per heavy atom. The Kier molecular flexibility index (Phi) is 5.65. The molecule has 3 aromatic rings. The number of halogens is 1. The molecule has 0 bridgehead atoms. The van der Waals surface area contributed by atoms with E-state index in [0.29, 0.717) is 23.2 Å². The maximum atomic E-state index is 14.1. The smallest absolute Gasteiger partial charge is 0.275 e. The van der Waals surface area contributed by atoms with Gasteiger partial charge in [0.05, 0.1) is 17.6 Å². The summed E-state index contributed by atoms with van der Waals surface area (Å²) in [6.07, 6.45) is 4.26. The summed E-state index contributed by atoms with van der Waals surface area (Å²) in [7, 11) is 0. The second-order valence-electron chi connectivity index (χ2n) is 7.55. The highest BCUT2D eigenvalue weighted by molar-refractivity contribution is 7.13. The van der Waals surface area contributed by atoms with Crippen LogP contribution in [0.15, 0.2) is 42.0 Å². The van der Waals surface area contributed by atoms with E-state index in [1.165, 1.54) is 12.1 Å². The fraction of sp³-hybridized carbons (Fsp3) is 0.286. The number of piperidine rings is 1. The van der Waals surface area contributed by atoms with Crippen LogP contribution in [0.3, 0.4) is 0 Å². The van der Waals surface area contributed by atoms with E-state index in [1.54, 1.807) is 17.8 Å². The normalized spacial score (nSPS) is 19.0. The van der Waals surface area contributed by atoms with Crippen LogP contribution < -0.4 is 16.0 Å². The number of rotatable bonds is 4. The van der Waals surface area contributed by atoms with Gasteiger partial charge in [0.15, 0.2) is 0 Å². The van der Waals surface area contributed by atoms with E-state index in [9.17, 15) is 14.3 Å². The van der Waals surface area contributed by atoms with Gasteiger partial charge in [0, 0.05) is 42.3 Å². The Bertz CT molecular complexity index is 1060. The first kappa shape index (κ1) is 20.2. The molecule has 0 unspecified atom stereocenters. The van der Waals surface area contributed by atoms with E-state index in [1.807, 2.05) is 6.07 Å². The third-order valence-electron chi connectivity index (χ3n) is 5.00. The van der Waals surface area contributed by atoms with Crippen molar-refractivity contribution in [3.63, 3.8) is 0 Å². The molecule has 0 saturated carbocycles. The van der Waals surface area contributed by atoms with Crippen LogP contribution in [-0.2, 0) is 0 Å². The Balaban J connectivity index is 1.55. The molecule has 156 valence electrons. The van der Waals surface area contributed by atoms with Gasteiger partial charge in [0.2, 0.25) is 0 Å².